The zero-order chi connectivity index (χ0) is 15.5. The van der Waals surface area contributed by atoms with E-state index in [4.69, 9.17) is 23.2 Å². The van der Waals surface area contributed by atoms with E-state index in [1.807, 2.05) is 0 Å². The van der Waals surface area contributed by atoms with Crippen LogP contribution in [0.5, 0.6) is 0 Å². The van der Waals surface area contributed by atoms with E-state index < -0.39 is 17.4 Å². The number of pyridine rings is 1. The molecule has 0 saturated heterocycles. The highest BCUT2D eigenvalue weighted by Crippen LogP contribution is 2.28. The zero-order valence-corrected chi connectivity index (χ0v) is 12.9. The number of amides is 1. The first-order valence-corrected chi connectivity index (χ1v) is 7.58. The third kappa shape index (κ3) is 3.66. The molecule has 0 bridgehead atoms. The Bertz CT molecular complexity index is 555. The number of aliphatic carboxylic acids is 1. The SMILES string of the molecule is O=C(NC1(C(=O)O)CCCCCC1)c1ccc(Cl)nc1Cl. The number of carbonyl (C=O) groups is 2. The van der Waals surface area contributed by atoms with Gasteiger partial charge in [-0.15, -0.1) is 0 Å². The fourth-order valence-corrected chi connectivity index (χ4v) is 3.02. The number of carboxylic acids is 1. The molecule has 2 rings (SSSR count). The highest BCUT2D eigenvalue weighted by molar-refractivity contribution is 6.34. The van der Waals surface area contributed by atoms with E-state index in [1.165, 1.54) is 12.1 Å². The minimum atomic E-state index is -1.23. The minimum Gasteiger partial charge on any atom is -0.480 e. The number of hydrogen-bond donors (Lipinski definition) is 2. The Morgan fingerprint density at radius 2 is 1.76 bits per heavy atom. The summed E-state index contributed by atoms with van der Waals surface area (Å²) in [4.78, 5) is 27.8. The van der Waals surface area contributed by atoms with Crippen LogP contribution in [-0.4, -0.2) is 27.5 Å². The summed E-state index contributed by atoms with van der Waals surface area (Å²) in [6.45, 7) is 0. The average Bonchev–Trinajstić information content (AvgIpc) is 2.65. The maximum Gasteiger partial charge on any atom is 0.329 e. The number of hydrogen-bond acceptors (Lipinski definition) is 3. The Morgan fingerprint density at radius 1 is 1.14 bits per heavy atom. The quantitative estimate of drug-likeness (QED) is 0.658. The Hall–Kier alpha value is -1.33. The van der Waals surface area contributed by atoms with Gasteiger partial charge in [-0.1, -0.05) is 48.9 Å². The Kier molecular flexibility index (Phi) is 5.06. The molecule has 114 valence electrons. The molecule has 0 aliphatic heterocycles. The van der Waals surface area contributed by atoms with Gasteiger partial charge in [0.2, 0.25) is 0 Å². The molecule has 1 fully saturated rings. The molecule has 1 saturated carbocycles. The summed E-state index contributed by atoms with van der Waals surface area (Å²) in [6.07, 6.45) is 4.36. The molecule has 2 N–H and O–H groups in total. The second-order valence-electron chi connectivity index (χ2n) is 5.23. The second-order valence-corrected chi connectivity index (χ2v) is 5.97. The number of carboxylic acid groups (broad SMARTS) is 1. The van der Waals surface area contributed by atoms with Gasteiger partial charge in [0.15, 0.2) is 0 Å². The summed E-state index contributed by atoms with van der Waals surface area (Å²) >= 11 is 11.6. The first-order valence-electron chi connectivity index (χ1n) is 6.82. The van der Waals surface area contributed by atoms with Crippen LogP contribution in [-0.2, 0) is 4.79 Å². The van der Waals surface area contributed by atoms with E-state index in [1.54, 1.807) is 0 Å². The highest BCUT2D eigenvalue weighted by Gasteiger charge is 2.40. The highest BCUT2D eigenvalue weighted by atomic mass is 35.5. The van der Waals surface area contributed by atoms with Crippen molar-refractivity contribution < 1.29 is 14.7 Å². The van der Waals surface area contributed by atoms with Gasteiger partial charge in [-0.05, 0) is 25.0 Å². The van der Waals surface area contributed by atoms with Gasteiger partial charge in [0.25, 0.3) is 5.91 Å². The van der Waals surface area contributed by atoms with Crippen molar-refractivity contribution in [2.45, 2.75) is 44.1 Å². The molecule has 21 heavy (non-hydrogen) atoms. The van der Waals surface area contributed by atoms with Crippen molar-refractivity contribution >= 4 is 35.1 Å². The zero-order valence-electron chi connectivity index (χ0n) is 11.4. The number of aromatic nitrogens is 1. The van der Waals surface area contributed by atoms with Crippen LogP contribution in [0.4, 0.5) is 0 Å². The van der Waals surface area contributed by atoms with Crippen molar-refractivity contribution in [3.05, 3.63) is 28.0 Å². The fourth-order valence-electron chi connectivity index (χ4n) is 2.59. The molecule has 0 radical (unpaired) electrons. The number of nitrogens with zero attached hydrogens (tertiary/aromatic N) is 1. The molecule has 0 atom stereocenters. The molecule has 1 aromatic heterocycles. The predicted molar refractivity (Wildman–Crippen MR) is 79.8 cm³/mol. The number of rotatable bonds is 3. The third-order valence-corrected chi connectivity index (χ3v) is 4.28. The normalized spacial score (nSPS) is 17.8. The maximum absolute atomic E-state index is 12.3. The lowest BCUT2D eigenvalue weighted by molar-refractivity contribution is -0.145. The topological polar surface area (TPSA) is 79.3 Å². The van der Waals surface area contributed by atoms with Crippen molar-refractivity contribution in [2.24, 2.45) is 0 Å². The monoisotopic (exact) mass is 330 g/mol. The Balaban J connectivity index is 2.24. The lowest BCUT2D eigenvalue weighted by Crippen LogP contribution is -2.54. The number of carbonyl (C=O) groups excluding carboxylic acids is 1. The van der Waals surface area contributed by atoms with E-state index in [2.05, 4.69) is 10.3 Å². The van der Waals surface area contributed by atoms with Gasteiger partial charge >= 0.3 is 5.97 Å². The van der Waals surface area contributed by atoms with Gasteiger partial charge in [0, 0.05) is 0 Å². The molecule has 0 unspecified atom stereocenters. The second kappa shape index (κ2) is 6.62. The van der Waals surface area contributed by atoms with Crippen LogP contribution in [0, 0.1) is 0 Å². The number of halogens is 2. The molecule has 1 aromatic rings. The summed E-state index contributed by atoms with van der Waals surface area (Å²) in [5.74, 6) is -1.54. The molecule has 1 aliphatic rings. The van der Waals surface area contributed by atoms with Gasteiger partial charge in [0.1, 0.15) is 15.8 Å². The minimum absolute atomic E-state index is 0.0332. The maximum atomic E-state index is 12.3. The first kappa shape index (κ1) is 16.0. The molecule has 0 spiro atoms. The predicted octanol–water partition coefficient (Wildman–Crippen LogP) is 3.30. The van der Waals surface area contributed by atoms with Crippen molar-refractivity contribution in [3.63, 3.8) is 0 Å². The van der Waals surface area contributed by atoms with E-state index in [-0.39, 0.29) is 15.9 Å². The van der Waals surface area contributed by atoms with Crippen LogP contribution >= 0.6 is 23.2 Å². The first-order chi connectivity index (χ1) is 9.94. The lowest BCUT2D eigenvalue weighted by atomic mass is 9.90. The standard InChI is InChI=1S/C14H16Cl2N2O3/c15-10-6-5-9(11(16)17-10)12(19)18-14(13(20)21)7-3-1-2-4-8-14/h5-6H,1-4,7-8H2,(H,18,19)(H,20,21). The van der Waals surface area contributed by atoms with Gasteiger partial charge in [0.05, 0.1) is 5.56 Å². The molecule has 1 aliphatic carbocycles. The largest absolute Gasteiger partial charge is 0.480 e. The summed E-state index contributed by atoms with van der Waals surface area (Å²) < 4.78 is 0. The van der Waals surface area contributed by atoms with E-state index in [0.717, 1.165) is 25.7 Å². The molecule has 5 nitrogen and oxygen atoms in total. The lowest BCUT2D eigenvalue weighted by Gasteiger charge is -2.29. The van der Waals surface area contributed by atoms with Crippen molar-refractivity contribution in [2.75, 3.05) is 0 Å². The van der Waals surface area contributed by atoms with Crippen LogP contribution in [0.3, 0.4) is 0 Å². The molecule has 1 heterocycles. The van der Waals surface area contributed by atoms with Gasteiger partial charge < -0.3 is 10.4 Å². The van der Waals surface area contributed by atoms with Gasteiger partial charge in [-0.25, -0.2) is 9.78 Å². The smallest absolute Gasteiger partial charge is 0.329 e. The molecule has 1 amide bonds. The van der Waals surface area contributed by atoms with Gasteiger partial charge in [-0.3, -0.25) is 4.79 Å². The van der Waals surface area contributed by atoms with Crippen molar-refractivity contribution in [1.82, 2.24) is 10.3 Å². The third-order valence-electron chi connectivity index (χ3n) is 3.78. The summed E-state index contributed by atoms with van der Waals surface area (Å²) in [7, 11) is 0. The molecular formula is C14H16Cl2N2O3. The molecule has 0 aromatic carbocycles. The van der Waals surface area contributed by atoms with E-state index in [0.29, 0.717) is 12.8 Å². The summed E-state index contributed by atoms with van der Waals surface area (Å²) in [6, 6.07) is 2.89. The number of nitrogens with one attached hydrogen (secondary N) is 1. The summed E-state index contributed by atoms with van der Waals surface area (Å²) in [5, 5.41) is 12.3. The van der Waals surface area contributed by atoms with Crippen molar-refractivity contribution in [3.8, 4) is 0 Å². The van der Waals surface area contributed by atoms with E-state index in [9.17, 15) is 14.7 Å². The summed E-state index contributed by atoms with van der Waals surface area (Å²) in [5.41, 5.74) is -1.10. The Morgan fingerprint density at radius 3 is 2.29 bits per heavy atom. The fraction of sp³-hybridized carbons (Fsp3) is 0.500. The van der Waals surface area contributed by atoms with E-state index >= 15 is 0 Å². The Labute approximate surface area is 132 Å². The van der Waals surface area contributed by atoms with Crippen molar-refractivity contribution in [1.29, 1.82) is 0 Å². The van der Waals surface area contributed by atoms with Crippen LogP contribution in [0.15, 0.2) is 12.1 Å². The molecule has 7 heteroatoms. The van der Waals surface area contributed by atoms with Crippen LogP contribution in [0.25, 0.3) is 0 Å². The average molecular weight is 331 g/mol. The van der Waals surface area contributed by atoms with Crippen LogP contribution < -0.4 is 5.32 Å². The van der Waals surface area contributed by atoms with Crippen LogP contribution in [0.2, 0.25) is 10.3 Å². The van der Waals surface area contributed by atoms with Gasteiger partial charge in [-0.2, -0.15) is 0 Å². The van der Waals surface area contributed by atoms with Crippen LogP contribution in [0.1, 0.15) is 48.9 Å². The molecular weight excluding hydrogens is 315 g/mol.